The van der Waals surface area contributed by atoms with E-state index >= 15 is 0 Å². The maximum Gasteiger partial charge on any atom is 0.249 e. The molecule has 0 saturated carbocycles. The summed E-state index contributed by atoms with van der Waals surface area (Å²) < 4.78 is 26.5. The van der Waals surface area contributed by atoms with Crippen molar-refractivity contribution in [1.29, 1.82) is 0 Å². The van der Waals surface area contributed by atoms with Crippen LogP contribution in [0.2, 0.25) is 0 Å². The fraction of sp³-hybridized carbons (Fsp3) is 0.300. The number of halogens is 1. The fourth-order valence-corrected chi connectivity index (χ4v) is 4.56. The Bertz CT molecular complexity index is 1010. The van der Waals surface area contributed by atoms with Gasteiger partial charge in [-0.05, 0) is 42.5 Å². The number of carbonyl (C=O) groups is 1. The minimum atomic E-state index is -0.304. The molecule has 1 aromatic heterocycles. The first kappa shape index (κ1) is 20.6. The minimum Gasteiger partial charge on any atom is -0.497 e. The predicted molar refractivity (Wildman–Crippen MR) is 111 cm³/mol. The van der Waals surface area contributed by atoms with Crippen molar-refractivity contribution in [3.05, 3.63) is 53.1 Å². The molecule has 0 aliphatic carbocycles. The second-order valence-corrected chi connectivity index (χ2v) is 8.10. The van der Waals surface area contributed by atoms with Gasteiger partial charge in [0.05, 0.1) is 23.9 Å². The summed E-state index contributed by atoms with van der Waals surface area (Å²) in [5.41, 5.74) is 0.850. The molecule has 3 rings (SSSR count). The number of carbonyl (C=O) groups excluding carboxylic acids is 1. The second kappa shape index (κ2) is 9.86. The topological polar surface area (TPSA) is 52.8 Å². The van der Waals surface area contributed by atoms with Crippen LogP contribution in [0.3, 0.4) is 0 Å². The van der Waals surface area contributed by atoms with Gasteiger partial charge in [-0.25, -0.2) is 4.39 Å². The Hall–Kier alpha value is -2.16. The number of thiazole rings is 1. The van der Waals surface area contributed by atoms with Crippen molar-refractivity contribution in [1.82, 2.24) is 4.57 Å². The van der Waals surface area contributed by atoms with Crippen molar-refractivity contribution in [2.45, 2.75) is 17.9 Å². The molecular formula is C20H21FN2O3S2. The summed E-state index contributed by atoms with van der Waals surface area (Å²) in [5.74, 6) is 0.935. The summed E-state index contributed by atoms with van der Waals surface area (Å²) >= 11 is 2.90. The van der Waals surface area contributed by atoms with Crippen LogP contribution in [-0.2, 0) is 16.1 Å². The standard InChI is InChI=1S/C20H21FN2O3S2/c1-25-11-10-23-17-8-3-14(21)13-18(17)28-20(23)22-19(24)9-12-27-16-6-4-15(26-2)5-7-16/h3-8,13H,9-12H2,1-2H3. The predicted octanol–water partition coefficient (Wildman–Crippen LogP) is 4.11. The van der Waals surface area contributed by atoms with Crippen LogP contribution in [0.5, 0.6) is 5.75 Å². The van der Waals surface area contributed by atoms with Gasteiger partial charge in [-0.2, -0.15) is 4.99 Å². The molecule has 148 valence electrons. The minimum absolute atomic E-state index is 0.195. The molecule has 0 fully saturated rings. The van der Waals surface area contributed by atoms with Gasteiger partial charge in [0.15, 0.2) is 4.80 Å². The molecular weight excluding hydrogens is 399 g/mol. The van der Waals surface area contributed by atoms with E-state index in [0.717, 1.165) is 20.9 Å². The first-order chi connectivity index (χ1) is 13.6. The highest BCUT2D eigenvalue weighted by molar-refractivity contribution is 7.99. The van der Waals surface area contributed by atoms with E-state index in [0.29, 0.717) is 30.1 Å². The number of aromatic nitrogens is 1. The van der Waals surface area contributed by atoms with E-state index in [1.807, 2.05) is 28.8 Å². The molecule has 1 heterocycles. The highest BCUT2D eigenvalue weighted by Crippen LogP contribution is 2.22. The Morgan fingerprint density at radius 1 is 1.21 bits per heavy atom. The Balaban J connectivity index is 1.71. The van der Waals surface area contributed by atoms with Crippen molar-refractivity contribution in [2.24, 2.45) is 4.99 Å². The summed E-state index contributed by atoms with van der Waals surface area (Å²) in [6, 6.07) is 12.3. The average Bonchev–Trinajstić information content (AvgIpc) is 3.02. The largest absolute Gasteiger partial charge is 0.497 e. The lowest BCUT2D eigenvalue weighted by atomic mass is 10.3. The molecule has 0 bridgehead atoms. The quantitative estimate of drug-likeness (QED) is 0.515. The number of benzene rings is 2. The molecule has 5 nitrogen and oxygen atoms in total. The van der Waals surface area contributed by atoms with Crippen LogP contribution < -0.4 is 9.54 Å². The van der Waals surface area contributed by atoms with Gasteiger partial charge in [-0.15, -0.1) is 11.8 Å². The molecule has 28 heavy (non-hydrogen) atoms. The highest BCUT2D eigenvalue weighted by Gasteiger charge is 2.09. The third-order valence-corrected chi connectivity index (χ3v) is 6.08. The molecule has 0 N–H and O–H groups in total. The first-order valence-electron chi connectivity index (χ1n) is 8.73. The number of hydrogen-bond donors (Lipinski definition) is 0. The maximum atomic E-state index is 13.5. The molecule has 2 aromatic carbocycles. The van der Waals surface area contributed by atoms with E-state index in [2.05, 4.69) is 4.99 Å². The highest BCUT2D eigenvalue weighted by atomic mass is 32.2. The van der Waals surface area contributed by atoms with Gasteiger partial charge in [-0.3, -0.25) is 4.79 Å². The van der Waals surface area contributed by atoms with E-state index in [9.17, 15) is 9.18 Å². The molecule has 8 heteroatoms. The van der Waals surface area contributed by atoms with Gasteiger partial charge in [0.1, 0.15) is 11.6 Å². The number of thioether (sulfide) groups is 1. The summed E-state index contributed by atoms with van der Waals surface area (Å²) in [7, 11) is 3.25. The molecule has 0 spiro atoms. The summed E-state index contributed by atoms with van der Waals surface area (Å²) in [5, 5.41) is 0. The molecule has 0 radical (unpaired) electrons. The van der Waals surface area contributed by atoms with E-state index < -0.39 is 0 Å². The van der Waals surface area contributed by atoms with Gasteiger partial charge in [0, 0.05) is 30.7 Å². The van der Waals surface area contributed by atoms with Crippen molar-refractivity contribution in [3.8, 4) is 5.75 Å². The zero-order valence-electron chi connectivity index (χ0n) is 15.7. The molecule has 0 aliphatic heterocycles. The fourth-order valence-electron chi connectivity index (χ4n) is 2.62. The van der Waals surface area contributed by atoms with Crippen LogP contribution >= 0.6 is 23.1 Å². The Morgan fingerprint density at radius 2 is 2.00 bits per heavy atom. The number of hydrogen-bond acceptors (Lipinski definition) is 5. The lowest BCUT2D eigenvalue weighted by Gasteiger charge is -2.04. The van der Waals surface area contributed by atoms with Crippen molar-refractivity contribution < 1.29 is 18.7 Å². The third-order valence-electron chi connectivity index (χ3n) is 4.03. The number of rotatable bonds is 8. The zero-order chi connectivity index (χ0) is 19.9. The van der Waals surface area contributed by atoms with Crippen molar-refractivity contribution in [2.75, 3.05) is 26.6 Å². The normalized spacial score (nSPS) is 11.9. The van der Waals surface area contributed by atoms with E-state index in [-0.39, 0.29) is 11.7 Å². The van der Waals surface area contributed by atoms with Crippen LogP contribution in [0.4, 0.5) is 4.39 Å². The van der Waals surface area contributed by atoms with E-state index in [1.54, 1.807) is 32.0 Å². The monoisotopic (exact) mass is 420 g/mol. The number of methoxy groups -OCH3 is 2. The van der Waals surface area contributed by atoms with Gasteiger partial charge < -0.3 is 14.0 Å². The van der Waals surface area contributed by atoms with Gasteiger partial charge in [0.25, 0.3) is 0 Å². The SMILES string of the molecule is COCCn1c(=NC(=O)CCSc2ccc(OC)cc2)sc2cc(F)ccc21. The second-order valence-electron chi connectivity index (χ2n) is 5.92. The van der Waals surface area contributed by atoms with Crippen LogP contribution in [-0.4, -0.2) is 37.1 Å². The van der Waals surface area contributed by atoms with Crippen LogP contribution in [0.1, 0.15) is 6.42 Å². The zero-order valence-corrected chi connectivity index (χ0v) is 17.3. The van der Waals surface area contributed by atoms with Gasteiger partial charge in [-0.1, -0.05) is 11.3 Å². The summed E-state index contributed by atoms with van der Waals surface area (Å²) in [6.07, 6.45) is 0.323. The Labute approximate surface area is 170 Å². The molecule has 3 aromatic rings. The van der Waals surface area contributed by atoms with E-state index in [1.165, 1.54) is 23.5 Å². The van der Waals surface area contributed by atoms with Crippen LogP contribution in [0, 0.1) is 5.82 Å². The maximum absolute atomic E-state index is 13.5. The van der Waals surface area contributed by atoms with Crippen molar-refractivity contribution >= 4 is 39.2 Å². The lowest BCUT2D eigenvalue weighted by Crippen LogP contribution is -2.19. The molecule has 0 saturated heterocycles. The number of nitrogens with zero attached hydrogens (tertiary/aromatic N) is 2. The number of amides is 1. The van der Waals surface area contributed by atoms with Crippen molar-refractivity contribution in [3.63, 3.8) is 0 Å². The van der Waals surface area contributed by atoms with E-state index in [4.69, 9.17) is 9.47 Å². The number of ether oxygens (including phenoxy) is 2. The average molecular weight is 421 g/mol. The third kappa shape index (κ3) is 5.21. The molecule has 1 amide bonds. The smallest absolute Gasteiger partial charge is 0.249 e. The Kier molecular flexibility index (Phi) is 7.24. The molecule has 0 unspecified atom stereocenters. The van der Waals surface area contributed by atoms with Gasteiger partial charge in [0.2, 0.25) is 5.91 Å². The first-order valence-corrected chi connectivity index (χ1v) is 10.5. The summed E-state index contributed by atoms with van der Waals surface area (Å²) in [6.45, 7) is 1.03. The van der Waals surface area contributed by atoms with Crippen LogP contribution in [0.25, 0.3) is 10.2 Å². The van der Waals surface area contributed by atoms with Gasteiger partial charge >= 0.3 is 0 Å². The Morgan fingerprint density at radius 3 is 2.71 bits per heavy atom. The molecule has 0 aliphatic rings. The summed E-state index contributed by atoms with van der Waals surface area (Å²) in [4.78, 5) is 18.3. The molecule has 0 atom stereocenters. The number of fused-ring (bicyclic) bond motifs is 1. The van der Waals surface area contributed by atoms with Crippen LogP contribution in [0.15, 0.2) is 52.4 Å². The lowest BCUT2D eigenvalue weighted by molar-refractivity contribution is -0.117.